The van der Waals surface area contributed by atoms with Crippen molar-refractivity contribution in [3.63, 3.8) is 0 Å². The van der Waals surface area contributed by atoms with E-state index in [0.717, 1.165) is 39.8 Å². The summed E-state index contributed by atoms with van der Waals surface area (Å²) in [4.78, 5) is 43.7. The molecule has 0 radical (unpaired) electrons. The lowest BCUT2D eigenvalue weighted by atomic mass is 10.00. The first-order valence-corrected chi connectivity index (χ1v) is 12.7. The van der Waals surface area contributed by atoms with Crippen molar-refractivity contribution in [1.29, 1.82) is 0 Å². The average Bonchev–Trinajstić information content (AvgIpc) is 3.15. The van der Waals surface area contributed by atoms with E-state index in [4.69, 9.17) is 4.74 Å². The SMILES string of the molecule is Cc1cc2c(cc1C)N(c1ccccc1)CN(CCOC1SC(=O)N(Cc3ccccc3)C1=O)C2=O. The van der Waals surface area contributed by atoms with E-state index in [9.17, 15) is 14.4 Å². The fraction of sp³-hybridized carbons (Fsp3) is 0.250. The fourth-order valence-corrected chi connectivity index (χ4v) is 5.24. The third kappa shape index (κ3) is 4.74. The molecule has 2 aliphatic heterocycles. The minimum atomic E-state index is -0.900. The van der Waals surface area contributed by atoms with Gasteiger partial charge < -0.3 is 14.5 Å². The van der Waals surface area contributed by atoms with Gasteiger partial charge in [-0.25, -0.2) is 0 Å². The Morgan fingerprint density at radius 2 is 1.58 bits per heavy atom. The van der Waals surface area contributed by atoms with E-state index in [0.29, 0.717) is 18.8 Å². The molecular formula is C28H27N3O4S. The summed E-state index contributed by atoms with van der Waals surface area (Å²) in [5.41, 5.74) is 4.68. The van der Waals surface area contributed by atoms with E-state index in [1.54, 1.807) is 4.90 Å². The fourth-order valence-electron chi connectivity index (χ4n) is 4.38. The lowest BCUT2D eigenvalue weighted by molar-refractivity contribution is -0.134. The van der Waals surface area contributed by atoms with Gasteiger partial charge in [-0.1, -0.05) is 48.5 Å². The van der Waals surface area contributed by atoms with Crippen LogP contribution in [-0.4, -0.2) is 52.1 Å². The molecule has 8 heteroatoms. The Morgan fingerprint density at radius 3 is 2.31 bits per heavy atom. The van der Waals surface area contributed by atoms with Gasteiger partial charge in [0.05, 0.1) is 31.1 Å². The van der Waals surface area contributed by atoms with Crippen molar-refractivity contribution in [3.05, 3.63) is 95.1 Å². The van der Waals surface area contributed by atoms with Crippen LogP contribution in [0.25, 0.3) is 0 Å². The number of nitrogens with zero attached hydrogens (tertiary/aromatic N) is 3. The van der Waals surface area contributed by atoms with Crippen LogP contribution in [-0.2, 0) is 16.1 Å². The predicted molar refractivity (Wildman–Crippen MR) is 140 cm³/mol. The highest BCUT2D eigenvalue weighted by Crippen LogP contribution is 2.35. The third-order valence-electron chi connectivity index (χ3n) is 6.51. The molecule has 0 aliphatic carbocycles. The molecule has 1 unspecified atom stereocenters. The van der Waals surface area contributed by atoms with Crippen molar-refractivity contribution in [2.24, 2.45) is 0 Å². The maximum Gasteiger partial charge on any atom is 0.291 e. The van der Waals surface area contributed by atoms with Gasteiger partial charge in [0.15, 0.2) is 5.44 Å². The van der Waals surface area contributed by atoms with Crippen LogP contribution in [0.3, 0.4) is 0 Å². The minimum Gasteiger partial charge on any atom is -0.355 e. The highest BCUT2D eigenvalue weighted by Gasteiger charge is 2.40. The van der Waals surface area contributed by atoms with Crippen molar-refractivity contribution in [2.45, 2.75) is 25.8 Å². The largest absolute Gasteiger partial charge is 0.355 e. The van der Waals surface area contributed by atoms with Crippen LogP contribution in [0.15, 0.2) is 72.8 Å². The predicted octanol–water partition coefficient (Wildman–Crippen LogP) is 5.09. The molecule has 2 aliphatic rings. The first-order chi connectivity index (χ1) is 17.4. The number of para-hydroxylation sites is 1. The Bertz CT molecular complexity index is 1300. The average molecular weight is 502 g/mol. The van der Waals surface area contributed by atoms with Crippen LogP contribution in [0.2, 0.25) is 0 Å². The summed E-state index contributed by atoms with van der Waals surface area (Å²) in [5, 5.41) is -0.321. The number of carbonyl (C=O) groups excluding carboxylic acids is 3. The van der Waals surface area contributed by atoms with Gasteiger partial charge in [-0.15, -0.1) is 0 Å². The molecule has 3 amide bonds. The van der Waals surface area contributed by atoms with Crippen LogP contribution in [0, 0.1) is 13.8 Å². The van der Waals surface area contributed by atoms with Crippen LogP contribution in [0.5, 0.6) is 0 Å². The Hall–Kier alpha value is -3.62. The van der Waals surface area contributed by atoms with Gasteiger partial charge in [-0.05, 0) is 66.6 Å². The van der Waals surface area contributed by atoms with Gasteiger partial charge in [0, 0.05) is 12.2 Å². The lowest BCUT2D eigenvalue weighted by Crippen LogP contribution is -2.46. The van der Waals surface area contributed by atoms with Crippen molar-refractivity contribution in [3.8, 4) is 0 Å². The number of carbonyl (C=O) groups is 3. The maximum atomic E-state index is 13.4. The highest BCUT2D eigenvalue weighted by molar-refractivity contribution is 8.15. The molecule has 36 heavy (non-hydrogen) atoms. The molecule has 3 aromatic carbocycles. The molecule has 184 valence electrons. The smallest absolute Gasteiger partial charge is 0.291 e. The minimum absolute atomic E-state index is 0.0731. The van der Waals surface area contributed by atoms with Crippen molar-refractivity contribution in [1.82, 2.24) is 9.80 Å². The van der Waals surface area contributed by atoms with Gasteiger partial charge in [0.1, 0.15) is 0 Å². The third-order valence-corrected chi connectivity index (χ3v) is 7.48. The molecule has 0 spiro atoms. The molecule has 0 saturated carbocycles. The van der Waals surface area contributed by atoms with Gasteiger partial charge >= 0.3 is 0 Å². The molecule has 0 aromatic heterocycles. The summed E-state index contributed by atoms with van der Waals surface area (Å²) >= 11 is 0.879. The van der Waals surface area contributed by atoms with Crippen molar-refractivity contribution >= 4 is 40.2 Å². The van der Waals surface area contributed by atoms with Crippen LogP contribution in [0.4, 0.5) is 16.2 Å². The molecule has 1 saturated heterocycles. The molecule has 7 nitrogen and oxygen atoms in total. The zero-order chi connectivity index (χ0) is 25.2. The molecular weight excluding hydrogens is 474 g/mol. The molecule has 1 fully saturated rings. The number of hydrogen-bond acceptors (Lipinski definition) is 6. The van der Waals surface area contributed by atoms with E-state index in [1.165, 1.54) is 4.90 Å². The van der Waals surface area contributed by atoms with Crippen LogP contribution in [0.1, 0.15) is 27.0 Å². The van der Waals surface area contributed by atoms with Crippen LogP contribution < -0.4 is 4.90 Å². The van der Waals surface area contributed by atoms with E-state index in [-0.39, 0.29) is 30.2 Å². The molecule has 3 aromatic rings. The first kappa shape index (κ1) is 24.1. The number of benzene rings is 3. The number of rotatable bonds is 7. The number of aryl methyl sites for hydroxylation is 2. The lowest BCUT2D eigenvalue weighted by Gasteiger charge is -2.38. The summed E-state index contributed by atoms with van der Waals surface area (Å²) in [6.45, 7) is 5.07. The molecule has 0 N–H and O–H groups in total. The van der Waals surface area contributed by atoms with E-state index in [1.807, 2.05) is 80.6 Å². The summed E-state index contributed by atoms with van der Waals surface area (Å²) in [6, 6.07) is 23.3. The summed E-state index contributed by atoms with van der Waals surface area (Å²) < 4.78 is 5.81. The second-order valence-corrected chi connectivity index (χ2v) is 9.94. The van der Waals surface area contributed by atoms with E-state index >= 15 is 0 Å². The quantitative estimate of drug-likeness (QED) is 0.449. The Morgan fingerprint density at radius 1 is 0.917 bits per heavy atom. The Kier molecular flexibility index (Phi) is 6.80. The van der Waals surface area contributed by atoms with E-state index in [2.05, 4.69) is 11.0 Å². The van der Waals surface area contributed by atoms with Crippen LogP contribution >= 0.6 is 11.8 Å². The number of imide groups is 1. The zero-order valence-corrected chi connectivity index (χ0v) is 21.0. The standard InChI is InChI=1S/C28H27N3O4S/c1-19-15-23-24(16-20(19)2)31(22-11-7-4-8-12-22)18-29(25(23)32)13-14-35-27-26(33)30(28(34)36-27)17-21-9-5-3-6-10-21/h3-12,15-16,27H,13-14,17-18H2,1-2H3. The highest BCUT2D eigenvalue weighted by atomic mass is 32.2. The molecule has 0 bridgehead atoms. The molecule has 1 atom stereocenters. The Labute approximate surface area is 214 Å². The number of ether oxygens (including phenoxy) is 1. The molecule has 2 heterocycles. The van der Waals surface area contributed by atoms with Crippen molar-refractivity contribution < 1.29 is 19.1 Å². The molecule has 5 rings (SSSR count). The normalized spacial score (nSPS) is 17.7. The number of thioether (sulfide) groups is 1. The number of anilines is 2. The van der Waals surface area contributed by atoms with E-state index < -0.39 is 5.44 Å². The van der Waals surface area contributed by atoms with Gasteiger partial charge in [-0.3, -0.25) is 19.3 Å². The monoisotopic (exact) mass is 501 g/mol. The van der Waals surface area contributed by atoms with Gasteiger partial charge in [0.25, 0.3) is 17.1 Å². The number of fused-ring (bicyclic) bond motifs is 1. The van der Waals surface area contributed by atoms with Gasteiger partial charge in [0.2, 0.25) is 0 Å². The summed E-state index contributed by atoms with van der Waals surface area (Å²) in [5.74, 6) is -0.433. The second kappa shape index (κ2) is 10.2. The van der Waals surface area contributed by atoms with Gasteiger partial charge in [-0.2, -0.15) is 0 Å². The van der Waals surface area contributed by atoms with Crippen molar-refractivity contribution in [2.75, 3.05) is 24.7 Å². The first-order valence-electron chi connectivity index (χ1n) is 11.8. The maximum absolute atomic E-state index is 13.4. The second-order valence-electron chi connectivity index (χ2n) is 8.92. The summed E-state index contributed by atoms with van der Waals surface area (Å²) in [7, 11) is 0. The number of hydrogen-bond donors (Lipinski definition) is 0. The zero-order valence-electron chi connectivity index (χ0n) is 20.2. The summed E-state index contributed by atoms with van der Waals surface area (Å²) in [6.07, 6.45) is 0. The Balaban J connectivity index is 1.27. The number of amides is 3. The topological polar surface area (TPSA) is 70.2 Å².